The summed E-state index contributed by atoms with van der Waals surface area (Å²) in [5.41, 5.74) is 3.97. The Balaban J connectivity index is 1.95. The highest BCUT2D eigenvalue weighted by Crippen LogP contribution is 2.35. The summed E-state index contributed by atoms with van der Waals surface area (Å²) in [5.74, 6) is -0.862. The molecule has 0 amide bonds. The number of carboxylic acid groups (broad SMARTS) is 1. The third-order valence-electron chi connectivity index (χ3n) is 4.95. The van der Waals surface area contributed by atoms with E-state index in [0.717, 1.165) is 35.7 Å². The molecule has 0 bridgehead atoms. The predicted octanol–water partition coefficient (Wildman–Crippen LogP) is 5.28. The lowest BCUT2D eigenvalue weighted by atomic mass is 9.96. The predicted molar refractivity (Wildman–Crippen MR) is 114 cm³/mol. The SMILES string of the molecule is CC(CC(=O)O)c1ccc(N2C[C@@H](C)O[C@@H](C)C2)c(Nc2ccc(Cl)cc2)c1. The van der Waals surface area contributed by atoms with Crippen molar-refractivity contribution in [1.82, 2.24) is 0 Å². The van der Waals surface area contributed by atoms with Crippen LogP contribution in [0.1, 0.15) is 38.7 Å². The number of aliphatic carboxylic acids is 1. The number of hydrogen-bond acceptors (Lipinski definition) is 4. The normalized spacial score (nSPS) is 20.6. The standard InChI is InChI=1S/C22H27ClN2O3/c1-14(10-22(26)27)17-4-9-21(25-12-15(2)28-16(3)13-25)20(11-17)24-19-7-5-18(23)6-8-19/h4-9,11,14-16,24H,10,12-13H2,1-3H3,(H,26,27)/t14?,15-,16+. The van der Waals surface area contributed by atoms with Gasteiger partial charge in [0.1, 0.15) is 0 Å². The first-order valence-corrected chi connectivity index (χ1v) is 9.98. The summed E-state index contributed by atoms with van der Waals surface area (Å²) in [6, 6.07) is 13.7. The number of ether oxygens (including phenoxy) is 1. The van der Waals surface area contributed by atoms with Crippen LogP contribution < -0.4 is 10.2 Å². The number of hydrogen-bond donors (Lipinski definition) is 2. The largest absolute Gasteiger partial charge is 0.481 e. The van der Waals surface area contributed by atoms with Crippen LogP contribution in [-0.4, -0.2) is 36.4 Å². The summed E-state index contributed by atoms with van der Waals surface area (Å²) in [5, 5.41) is 13.3. The highest BCUT2D eigenvalue weighted by atomic mass is 35.5. The van der Waals surface area contributed by atoms with Crippen molar-refractivity contribution in [2.24, 2.45) is 0 Å². The molecule has 2 aromatic carbocycles. The van der Waals surface area contributed by atoms with E-state index < -0.39 is 5.97 Å². The summed E-state index contributed by atoms with van der Waals surface area (Å²) < 4.78 is 5.87. The topological polar surface area (TPSA) is 61.8 Å². The maximum absolute atomic E-state index is 11.1. The van der Waals surface area contributed by atoms with Crippen molar-refractivity contribution < 1.29 is 14.6 Å². The summed E-state index contributed by atoms with van der Waals surface area (Å²) in [6.45, 7) is 7.72. The lowest BCUT2D eigenvalue weighted by Gasteiger charge is -2.38. The van der Waals surface area contributed by atoms with E-state index in [-0.39, 0.29) is 24.5 Å². The molecular formula is C22H27ClN2O3. The van der Waals surface area contributed by atoms with Crippen LogP contribution in [0.4, 0.5) is 17.1 Å². The van der Waals surface area contributed by atoms with E-state index in [1.807, 2.05) is 37.3 Å². The van der Waals surface area contributed by atoms with Crippen molar-refractivity contribution in [2.75, 3.05) is 23.3 Å². The van der Waals surface area contributed by atoms with E-state index in [9.17, 15) is 4.79 Å². The lowest BCUT2D eigenvalue weighted by molar-refractivity contribution is -0.137. The Bertz CT molecular complexity index is 815. The quantitative estimate of drug-likeness (QED) is 0.688. The highest BCUT2D eigenvalue weighted by molar-refractivity contribution is 6.30. The molecule has 3 rings (SSSR count). The van der Waals surface area contributed by atoms with Gasteiger partial charge in [-0.05, 0) is 61.7 Å². The van der Waals surface area contributed by atoms with Crippen LogP contribution in [0, 0.1) is 0 Å². The number of nitrogens with zero attached hydrogens (tertiary/aromatic N) is 1. The fourth-order valence-corrected chi connectivity index (χ4v) is 3.81. The van der Waals surface area contributed by atoms with Gasteiger partial charge in [0, 0.05) is 23.8 Å². The van der Waals surface area contributed by atoms with Crippen molar-refractivity contribution in [3.8, 4) is 0 Å². The lowest BCUT2D eigenvalue weighted by Crippen LogP contribution is -2.45. The average molecular weight is 403 g/mol. The van der Waals surface area contributed by atoms with Gasteiger partial charge in [-0.1, -0.05) is 24.6 Å². The molecule has 0 saturated carbocycles. The van der Waals surface area contributed by atoms with Crippen LogP contribution in [0.15, 0.2) is 42.5 Å². The smallest absolute Gasteiger partial charge is 0.303 e. The molecule has 0 spiro atoms. The Kier molecular flexibility index (Phi) is 6.47. The minimum Gasteiger partial charge on any atom is -0.481 e. The van der Waals surface area contributed by atoms with Crippen molar-refractivity contribution in [3.63, 3.8) is 0 Å². The third-order valence-corrected chi connectivity index (χ3v) is 5.21. The monoisotopic (exact) mass is 402 g/mol. The zero-order chi connectivity index (χ0) is 20.3. The van der Waals surface area contributed by atoms with E-state index in [4.69, 9.17) is 21.4 Å². The average Bonchev–Trinajstić information content (AvgIpc) is 2.62. The number of morpholine rings is 1. The summed E-state index contributed by atoms with van der Waals surface area (Å²) in [7, 11) is 0. The fraction of sp³-hybridized carbons (Fsp3) is 0.409. The molecule has 3 atom stereocenters. The van der Waals surface area contributed by atoms with Crippen LogP contribution in [0.3, 0.4) is 0 Å². The molecular weight excluding hydrogens is 376 g/mol. The minimum atomic E-state index is -0.792. The van der Waals surface area contributed by atoms with E-state index in [1.165, 1.54) is 0 Å². The highest BCUT2D eigenvalue weighted by Gasteiger charge is 2.24. The van der Waals surface area contributed by atoms with E-state index >= 15 is 0 Å². The number of nitrogens with one attached hydrogen (secondary N) is 1. The molecule has 0 radical (unpaired) electrons. The zero-order valence-corrected chi connectivity index (χ0v) is 17.2. The molecule has 1 saturated heterocycles. The Morgan fingerprint density at radius 3 is 2.46 bits per heavy atom. The first-order chi connectivity index (χ1) is 13.3. The van der Waals surface area contributed by atoms with E-state index in [0.29, 0.717) is 5.02 Å². The van der Waals surface area contributed by atoms with Gasteiger partial charge in [0.05, 0.1) is 30.0 Å². The Morgan fingerprint density at radius 2 is 1.86 bits per heavy atom. The molecule has 1 heterocycles. The van der Waals surface area contributed by atoms with E-state index in [2.05, 4.69) is 36.2 Å². The molecule has 1 fully saturated rings. The Morgan fingerprint density at radius 1 is 1.21 bits per heavy atom. The molecule has 2 N–H and O–H groups in total. The molecule has 150 valence electrons. The molecule has 28 heavy (non-hydrogen) atoms. The molecule has 5 nitrogen and oxygen atoms in total. The Hall–Kier alpha value is -2.24. The molecule has 1 unspecified atom stereocenters. The molecule has 6 heteroatoms. The fourth-order valence-electron chi connectivity index (χ4n) is 3.68. The first-order valence-electron chi connectivity index (χ1n) is 9.60. The number of halogens is 1. The van der Waals surface area contributed by atoms with Crippen molar-refractivity contribution in [1.29, 1.82) is 0 Å². The van der Waals surface area contributed by atoms with Gasteiger partial charge in [-0.3, -0.25) is 4.79 Å². The number of carboxylic acids is 1. The Labute approximate surface area is 171 Å². The number of carbonyl (C=O) groups is 1. The van der Waals surface area contributed by atoms with Crippen LogP contribution >= 0.6 is 11.6 Å². The van der Waals surface area contributed by atoms with Crippen LogP contribution in [0.2, 0.25) is 5.02 Å². The molecule has 1 aliphatic rings. The second-order valence-corrected chi connectivity index (χ2v) is 8.01. The molecule has 1 aliphatic heterocycles. The van der Waals surface area contributed by atoms with Crippen molar-refractivity contribution in [2.45, 2.75) is 45.3 Å². The van der Waals surface area contributed by atoms with Gasteiger partial charge in [0.2, 0.25) is 0 Å². The summed E-state index contributed by atoms with van der Waals surface area (Å²) >= 11 is 6.01. The number of rotatable bonds is 6. The van der Waals surface area contributed by atoms with Gasteiger partial charge >= 0.3 is 5.97 Å². The van der Waals surface area contributed by atoms with Crippen molar-refractivity contribution in [3.05, 3.63) is 53.1 Å². The second-order valence-electron chi connectivity index (χ2n) is 7.57. The second kappa shape index (κ2) is 8.84. The number of benzene rings is 2. The van der Waals surface area contributed by atoms with Crippen LogP contribution in [0.5, 0.6) is 0 Å². The van der Waals surface area contributed by atoms with Crippen molar-refractivity contribution >= 4 is 34.6 Å². The van der Waals surface area contributed by atoms with Gasteiger partial charge in [0.15, 0.2) is 0 Å². The van der Waals surface area contributed by atoms with Crippen LogP contribution in [-0.2, 0) is 9.53 Å². The molecule has 0 aromatic heterocycles. The molecule has 2 aromatic rings. The third kappa shape index (κ3) is 5.18. The van der Waals surface area contributed by atoms with Gasteiger partial charge in [0.25, 0.3) is 0 Å². The van der Waals surface area contributed by atoms with Gasteiger partial charge in [-0.2, -0.15) is 0 Å². The van der Waals surface area contributed by atoms with Gasteiger partial charge < -0.3 is 20.1 Å². The summed E-state index contributed by atoms with van der Waals surface area (Å²) in [6.07, 6.45) is 0.404. The molecule has 0 aliphatic carbocycles. The maximum atomic E-state index is 11.1. The van der Waals surface area contributed by atoms with Gasteiger partial charge in [-0.25, -0.2) is 0 Å². The van der Waals surface area contributed by atoms with Crippen LogP contribution in [0.25, 0.3) is 0 Å². The zero-order valence-electron chi connectivity index (χ0n) is 16.5. The first kappa shape index (κ1) is 20.5. The maximum Gasteiger partial charge on any atom is 0.303 e. The minimum absolute atomic E-state index is 0.0696. The number of anilines is 3. The van der Waals surface area contributed by atoms with E-state index in [1.54, 1.807) is 0 Å². The summed E-state index contributed by atoms with van der Waals surface area (Å²) in [4.78, 5) is 13.4. The van der Waals surface area contributed by atoms with Gasteiger partial charge in [-0.15, -0.1) is 0 Å².